The molecule has 2 N–H and O–H groups in total. The van der Waals surface area contributed by atoms with E-state index >= 15 is 0 Å². The van der Waals surface area contributed by atoms with E-state index < -0.39 is 0 Å². The quantitative estimate of drug-likeness (QED) is 0.670. The van der Waals surface area contributed by atoms with Crippen LogP contribution in [0.1, 0.15) is 23.2 Å². The average Bonchev–Trinajstić information content (AvgIpc) is 2.28. The van der Waals surface area contributed by atoms with Crippen LogP contribution < -0.4 is 5.73 Å². The summed E-state index contributed by atoms with van der Waals surface area (Å²) in [5.41, 5.74) is 7.58. The number of hydrogen-bond donors (Lipinski definition) is 1. The van der Waals surface area contributed by atoms with Crippen molar-refractivity contribution in [3.8, 4) is 0 Å². The molecule has 0 amide bonds. The van der Waals surface area contributed by atoms with Crippen LogP contribution in [0, 0.1) is 0 Å². The van der Waals surface area contributed by atoms with E-state index in [1.807, 2.05) is 0 Å². The van der Waals surface area contributed by atoms with Gasteiger partial charge in [-0.25, -0.2) is 0 Å². The molecule has 1 aliphatic rings. The second kappa shape index (κ2) is 4.70. The summed E-state index contributed by atoms with van der Waals surface area (Å²) in [5.74, 6) is -0.00676. The molecule has 1 aromatic carbocycles. The molecule has 0 fully saturated rings. The van der Waals surface area contributed by atoms with E-state index in [2.05, 4.69) is 15.9 Å². The molecule has 0 aliphatic carbocycles. The zero-order chi connectivity index (χ0) is 11.5. The summed E-state index contributed by atoms with van der Waals surface area (Å²) in [4.78, 5) is 12.1. The summed E-state index contributed by atoms with van der Waals surface area (Å²) in [6.45, 7) is 0.692. The number of rotatable bonds is 2. The third-order valence-electron chi connectivity index (χ3n) is 2.41. The smallest absolute Gasteiger partial charge is 0.192 e. The molecule has 4 heteroatoms. The second-order valence-electron chi connectivity index (χ2n) is 3.72. The fourth-order valence-electron chi connectivity index (χ4n) is 1.66. The Hall–Kier alpha value is -1.29. The molecule has 3 nitrogen and oxygen atoms in total. The molecule has 0 aromatic heterocycles. The largest absolute Gasteiger partial charge is 0.501 e. The number of ether oxygens (including phenoxy) is 1. The van der Waals surface area contributed by atoms with Crippen LogP contribution >= 0.6 is 15.9 Å². The lowest BCUT2D eigenvalue weighted by Gasteiger charge is -2.13. The number of carbonyl (C=O) groups is 1. The standard InChI is InChI=1S/C12H12BrNO2/c13-10-4-9(5-11(14)6-10)12(15)8-2-1-3-16-7-8/h4-7H,1-3,14H2. The Balaban J connectivity index is 2.29. The number of Topliss-reactive ketones (excluding diaryl/α,β-unsaturated/α-hetero) is 1. The predicted molar refractivity (Wildman–Crippen MR) is 66.2 cm³/mol. The Kier molecular flexibility index (Phi) is 3.29. The number of hydrogen-bond acceptors (Lipinski definition) is 3. The van der Waals surface area contributed by atoms with Crippen molar-refractivity contribution >= 4 is 27.4 Å². The molecule has 0 bridgehead atoms. The third kappa shape index (κ3) is 2.44. The van der Waals surface area contributed by atoms with Crippen molar-refractivity contribution in [3.63, 3.8) is 0 Å². The lowest BCUT2D eigenvalue weighted by Crippen LogP contribution is -2.09. The Morgan fingerprint density at radius 1 is 1.38 bits per heavy atom. The number of benzene rings is 1. The maximum Gasteiger partial charge on any atom is 0.192 e. The van der Waals surface area contributed by atoms with Crippen LogP contribution in [0.15, 0.2) is 34.5 Å². The van der Waals surface area contributed by atoms with Crippen molar-refractivity contribution in [1.82, 2.24) is 0 Å². The first kappa shape index (κ1) is 11.2. The van der Waals surface area contributed by atoms with Gasteiger partial charge in [0.15, 0.2) is 5.78 Å². The molecule has 0 saturated heterocycles. The van der Waals surface area contributed by atoms with Crippen LogP contribution in [0.3, 0.4) is 0 Å². The predicted octanol–water partition coefficient (Wildman–Crippen LogP) is 2.91. The minimum absolute atomic E-state index is 0.00676. The first-order valence-electron chi connectivity index (χ1n) is 5.08. The molecule has 1 heterocycles. The molecule has 2 rings (SSSR count). The van der Waals surface area contributed by atoms with Crippen LogP contribution in [-0.2, 0) is 4.74 Å². The monoisotopic (exact) mass is 281 g/mol. The van der Waals surface area contributed by atoms with Crippen molar-refractivity contribution < 1.29 is 9.53 Å². The van der Waals surface area contributed by atoms with Gasteiger partial charge in [-0.1, -0.05) is 15.9 Å². The third-order valence-corrected chi connectivity index (χ3v) is 2.87. The van der Waals surface area contributed by atoms with Gasteiger partial charge in [0.05, 0.1) is 12.9 Å². The summed E-state index contributed by atoms with van der Waals surface area (Å²) < 4.78 is 5.97. The molecule has 0 saturated carbocycles. The minimum Gasteiger partial charge on any atom is -0.501 e. The van der Waals surface area contributed by atoms with Crippen molar-refractivity contribution in [2.45, 2.75) is 12.8 Å². The number of halogens is 1. The van der Waals surface area contributed by atoms with Crippen molar-refractivity contribution in [3.05, 3.63) is 40.1 Å². The van der Waals surface area contributed by atoms with Crippen molar-refractivity contribution in [1.29, 1.82) is 0 Å². The first-order valence-corrected chi connectivity index (χ1v) is 5.87. The highest BCUT2D eigenvalue weighted by Crippen LogP contribution is 2.22. The number of allylic oxidation sites excluding steroid dienone is 1. The summed E-state index contributed by atoms with van der Waals surface area (Å²) in [6.07, 6.45) is 3.22. The van der Waals surface area contributed by atoms with E-state index in [-0.39, 0.29) is 5.78 Å². The highest BCUT2D eigenvalue weighted by atomic mass is 79.9. The Bertz CT molecular complexity index is 434. The lowest BCUT2D eigenvalue weighted by molar-refractivity contribution is 0.101. The zero-order valence-corrected chi connectivity index (χ0v) is 10.3. The topological polar surface area (TPSA) is 52.3 Å². The average molecular weight is 282 g/mol. The summed E-state index contributed by atoms with van der Waals surface area (Å²) in [6, 6.07) is 5.22. The number of nitrogens with two attached hydrogens (primary N) is 1. The van der Waals surface area contributed by atoms with Crippen LogP contribution in [0.2, 0.25) is 0 Å². The van der Waals surface area contributed by atoms with Crippen LogP contribution in [0.25, 0.3) is 0 Å². The minimum atomic E-state index is -0.00676. The number of anilines is 1. The van der Waals surface area contributed by atoms with Crippen LogP contribution in [0.5, 0.6) is 0 Å². The number of ketones is 1. The van der Waals surface area contributed by atoms with Gasteiger partial charge in [0.2, 0.25) is 0 Å². The van der Waals surface area contributed by atoms with Crippen LogP contribution in [0.4, 0.5) is 5.69 Å². The highest BCUT2D eigenvalue weighted by Gasteiger charge is 2.16. The molecule has 0 spiro atoms. The maximum absolute atomic E-state index is 12.1. The first-order chi connectivity index (χ1) is 7.66. The van der Waals surface area contributed by atoms with Gasteiger partial charge < -0.3 is 10.5 Å². The Morgan fingerprint density at radius 3 is 2.81 bits per heavy atom. The molecule has 1 aliphatic heterocycles. The summed E-state index contributed by atoms with van der Waals surface area (Å²) >= 11 is 3.32. The zero-order valence-electron chi connectivity index (χ0n) is 8.70. The van der Waals surface area contributed by atoms with Gasteiger partial charge >= 0.3 is 0 Å². The van der Waals surface area contributed by atoms with Gasteiger partial charge in [0.25, 0.3) is 0 Å². The Labute approximate surface area is 102 Å². The van der Waals surface area contributed by atoms with E-state index in [0.717, 1.165) is 17.3 Å². The molecule has 16 heavy (non-hydrogen) atoms. The lowest BCUT2D eigenvalue weighted by atomic mass is 9.99. The molecule has 0 atom stereocenters. The highest BCUT2D eigenvalue weighted by molar-refractivity contribution is 9.10. The maximum atomic E-state index is 12.1. The molecule has 84 valence electrons. The van der Waals surface area contributed by atoms with Crippen LogP contribution in [-0.4, -0.2) is 12.4 Å². The van der Waals surface area contributed by atoms with Gasteiger partial charge in [0, 0.05) is 21.3 Å². The summed E-state index contributed by atoms with van der Waals surface area (Å²) in [7, 11) is 0. The van der Waals surface area contributed by atoms with Crippen molar-refractivity contribution in [2.24, 2.45) is 0 Å². The van der Waals surface area contributed by atoms with Gasteiger partial charge in [-0.15, -0.1) is 0 Å². The normalized spacial score (nSPS) is 15.2. The Morgan fingerprint density at radius 2 is 2.19 bits per heavy atom. The molecular weight excluding hydrogens is 270 g/mol. The molecular formula is C12H12BrNO2. The van der Waals surface area contributed by atoms with Crippen molar-refractivity contribution in [2.75, 3.05) is 12.3 Å². The fourth-order valence-corrected chi connectivity index (χ4v) is 2.17. The number of nitrogen functional groups attached to an aromatic ring is 1. The van der Waals surface area contributed by atoms with E-state index in [9.17, 15) is 4.79 Å². The SMILES string of the molecule is Nc1cc(Br)cc(C(=O)C2=COCCC2)c1. The number of carbonyl (C=O) groups excluding carboxylic acids is 1. The fraction of sp³-hybridized carbons (Fsp3) is 0.250. The van der Waals surface area contributed by atoms with Gasteiger partial charge in [-0.3, -0.25) is 4.79 Å². The van der Waals surface area contributed by atoms with Gasteiger partial charge in [-0.2, -0.15) is 0 Å². The molecule has 0 radical (unpaired) electrons. The van der Waals surface area contributed by atoms with Gasteiger partial charge in [0.1, 0.15) is 0 Å². The van der Waals surface area contributed by atoms with Gasteiger partial charge in [-0.05, 0) is 31.0 Å². The van der Waals surface area contributed by atoms with E-state index in [1.165, 1.54) is 0 Å². The van der Waals surface area contributed by atoms with E-state index in [0.29, 0.717) is 23.4 Å². The summed E-state index contributed by atoms with van der Waals surface area (Å²) in [5, 5.41) is 0. The second-order valence-corrected chi connectivity index (χ2v) is 4.64. The molecule has 1 aromatic rings. The van der Waals surface area contributed by atoms with E-state index in [4.69, 9.17) is 10.5 Å². The molecule has 0 unspecified atom stereocenters. The van der Waals surface area contributed by atoms with E-state index in [1.54, 1.807) is 24.5 Å².